The molecular formula is C23H27N5OS. The van der Waals surface area contributed by atoms with Gasteiger partial charge in [0, 0.05) is 49.7 Å². The van der Waals surface area contributed by atoms with Crippen LogP contribution in [-0.2, 0) is 13.0 Å². The van der Waals surface area contributed by atoms with Gasteiger partial charge in [-0.1, -0.05) is 25.1 Å². The summed E-state index contributed by atoms with van der Waals surface area (Å²) in [4.78, 5) is 31.8. The molecule has 2 aliphatic rings. The number of nitrogens with zero attached hydrogens (tertiary/aromatic N) is 5. The summed E-state index contributed by atoms with van der Waals surface area (Å²) in [5.74, 6) is 2.00. The summed E-state index contributed by atoms with van der Waals surface area (Å²) >= 11 is 1.83. The van der Waals surface area contributed by atoms with Gasteiger partial charge in [0.1, 0.15) is 16.5 Å². The Bertz CT molecular complexity index is 1070. The molecule has 4 heterocycles. The number of piperazine rings is 1. The number of amides is 1. The van der Waals surface area contributed by atoms with E-state index in [0.717, 1.165) is 61.2 Å². The van der Waals surface area contributed by atoms with Gasteiger partial charge in [-0.15, -0.1) is 11.3 Å². The molecule has 0 bridgehead atoms. The molecule has 1 aromatic carbocycles. The van der Waals surface area contributed by atoms with Crippen LogP contribution >= 0.6 is 11.3 Å². The molecule has 6 nitrogen and oxygen atoms in total. The van der Waals surface area contributed by atoms with E-state index in [1.165, 1.54) is 15.8 Å². The molecule has 2 aliphatic heterocycles. The fourth-order valence-electron chi connectivity index (χ4n) is 4.52. The lowest BCUT2D eigenvalue weighted by Crippen LogP contribution is -2.49. The molecule has 0 N–H and O–H groups in total. The Labute approximate surface area is 181 Å². The van der Waals surface area contributed by atoms with E-state index in [2.05, 4.69) is 16.7 Å². The first kappa shape index (κ1) is 19.5. The van der Waals surface area contributed by atoms with Crippen LogP contribution < -0.4 is 4.90 Å². The summed E-state index contributed by atoms with van der Waals surface area (Å²) in [7, 11) is 0. The first-order valence-electron chi connectivity index (χ1n) is 10.7. The lowest BCUT2D eigenvalue weighted by Gasteiger charge is -2.36. The zero-order valence-electron chi connectivity index (χ0n) is 17.6. The van der Waals surface area contributed by atoms with Gasteiger partial charge in [-0.25, -0.2) is 9.97 Å². The maximum Gasteiger partial charge on any atom is 0.253 e. The van der Waals surface area contributed by atoms with E-state index < -0.39 is 0 Å². The second kappa shape index (κ2) is 7.96. The highest BCUT2D eigenvalue weighted by molar-refractivity contribution is 7.19. The minimum atomic E-state index is 0.117. The minimum Gasteiger partial charge on any atom is -0.352 e. The zero-order valence-corrected chi connectivity index (χ0v) is 18.4. The predicted octanol–water partition coefficient (Wildman–Crippen LogP) is 3.34. The monoisotopic (exact) mass is 421 g/mol. The van der Waals surface area contributed by atoms with Crippen LogP contribution in [-0.4, -0.2) is 64.9 Å². The largest absolute Gasteiger partial charge is 0.352 e. The molecule has 0 aliphatic carbocycles. The van der Waals surface area contributed by atoms with Crippen molar-refractivity contribution in [2.24, 2.45) is 0 Å². The summed E-state index contributed by atoms with van der Waals surface area (Å²) in [6.45, 7) is 10.4. The lowest BCUT2D eigenvalue weighted by molar-refractivity contribution is 0.0746. The molecule has 156 valence electrons. The fourth-order valence-corrected chi connectivity index (χ4v) is 5.82. The van der Waals surface area contributed by atoms with Crippen molar-refractivity contribution in [3.8, 4) is 0 Å². The number of aromatic nitrogens is 2. The quantitative estimate of drug-likeness (QED) is 0.649. The second-order valence-electron chi connectivity index (χ2n) is 8.04. The Morgan fingerprint density at radius 3 is 2.57 bits per heavy atom. The van der Waals surface area contributed by atoms with Gasteiger partial charge < -0.3 is 9.80 Å². The smallest absolute Gasteiger partial charge is 0.253 e. The molecule has 0 saturated carbocycles. The van der Waals surface area contributed by atoms with Gasteiger partial charge >= 0.3 is 0 Å². The van der Waals surface area contributed by atoms with Crippen LogP contribution in [0.2, 0.25) is 0 Å². The molecule has 1 amide bonds. The summed E-state index contributed by atoms with van der Waals surface area (Å²) in [6.07, 6.45) is 1.06. The Morgan fingerprint density at radius 2 is 1.83 bits per heavy atom. The first-order chi connectivity index (χ1) is 14.6. The van der Waals surface area contributed by atoms with Crippen LogP contribution in [0.1, 0.15) is 33.5 Å². The predicted molar refractivity (Wildman–Crippen MR) is 121 cm³/mol. The highest BCUT2D eigenvalue weighted by Crippen LogP contribution is 2.39. The van der Waals surface area contributed by atoms with Crippen molar-refractivity contribution in [2.75, 3.05) is 44.2 Å². The van der Waals surface area contributed by atoms with E-state index in [9.17, 15) is 4.79 Å². The molecule has 1 saturated heterocycles. The third kappa shape index (κ3) is 3.46. The van der Waals surface area contributed by atoms with Gasteiger partial charge in [0.25, 0.3) is 5.91 Å². The Balaban J connectivity index is 1.41. The van der Waals surface area contributed by atoms with Gasteiger partial charge in [0.15, 0.2) is 0 Å². The maximum atomic E-state index is 12.8. The van der Waals surface area contributed by atoms with Crippen molar-refractivity contribution < 1.29 is 4.79 Å². The van der Waals surface area contributed by atoms with Crippen LogP contribution in [0.4, 0.5) is 5.82 Å². The molecule has 0 spiro atoms. The van der Waals surface area contributed by atoms with Gasteiger partial charge in [-0.2, -0.15) is 0 Å². The van der Waals surface area contributed by atoms with Gasteiger partial charge in [-0.3, -0.25) is 9.69 Å². The SMILES string of the molecule is CCN1CCc2c(sc3nc(C)nc(N4CCN(C(=O)c5ccccc5)CC4)c23)C1. The molecule has 7 heteroatoms. The van der Waals surface area contributed by atoms with Crippen LogP contribution in [0.25, 0.3) is 10.2 Å². The number of hydrogen-bond donors (Lipinski definition) is 0. The maximum absolute atomic E-state index is 12.8. The number of carbonyl (C=O) groups is 1. The average Bonchev–Trinajstić information content (AvgIpc) is 3.15. The Kier molecular flexibility index (Phi) is 5.16. The van der Waals surface area contributed by atoms with Crippen LogP contribution in [0.3, 0.4) is 0 Å². The summed E-state index contributed by atoms with van der Waals surface area (Å²) < 4.78 is 0. The number of hydrogen-bond acceptors (Lipinski definition) is 6. The second-order valence-corrected chi connectivity index (χ2v) is 9.13. The van der Waals surface area contributed by atoms with Crippen molar-refractivity contribution in [2.45, 2.75) is 26.8 Å². The Hall–Kier alpha value is -2.51. The van der Waals surface area contributed by atoms with E-state index in [4.69, 9.17) is 9.97 Å². The number of rotatable bonds is 3. The number of benzene rings is 1. The molecular weight excluding hydrogens is 394 g/mol. The van der Waals surface area contributed by atoms with Crippen molar-refractivity contribution in [1.82, 2.24) is 19.8 Å². The average molecular weight is 422 g/mol. The fraction of sp³-hybridized carbons (Fsp3) is 0.435. The van der Waals surface area contributed by atoms with Gasteiger partial charge in [-0.05, 0) is 37.6 Å². The van der Waals surface area contributed by atoms with E-state index >= 15 is 0 Å². The van der Waals surface area contributed by atoms with E-state index in [0.29, 0.717) is 13.1 Å². The number of carbonyl (C=O) groups excluding carboxylic acids is 1. The molecule has 30 heavy (non-hydrogen) atoms. The molecule has 0 radical (unpaired) electrons. The number of likely N-dealkylation sites (N-methyl/N-ethyl adjacent to an activating group) is 1. The molecule has 2 aromatic heterocycles. The van der Waals surface area contributed by atoms with Gasteiger partial charge in [0.05, 0.1) is 5.39 Å². The topological polar surface area (TPSA) is 52.6 Å². The highest BCUT2D eigenvalue weighted by Gasteiger charge is 2.28. The summed E-state index contributed by atoms with van der Waals surface area (Å²) in [6, 6.07) is 9.57. The Morgan fingerprint density at radius 1 is 1.07 bits per heavy atom. The van der Waals surface area contributed by atoms with E-state index in [1.54, 1.807) is 0 Å². The summed E-state index contributed by atoms with van der Waals surface area (Å²) in [5.41, 5.74) is 2.20. The van der Waals surface area contributed by atoms with Crippen molar-refractivity contribution in [3.63, 3.8) is 0 Å². The van der Waals surface area contributed by atoms with Crippen LogP contribution in [0.5, 0.6) is 0 Å². The normalized spacial score (nSPS) is 17.4. The van der Waals surface area contributed by atoms with Crippen molar-refractivity contribution >= 4 is 33.3 Å². The highest BCUT2D eigenvalue weighted by atomic mass is 32.1. The third-order valence-electron chi connectivity index (χ3n) is 6.21. The lowest BCUT2D eigenvalue weighted by atomic mass is 10.0. The van der Waals surface area contributed by atoms with Gasteiger partial charge in [0.2, 0.25) is 0 Å². The molecule has 0 unspecified atom stereocenters. The van der Waals surface area contributed by atoms with Crippen molar-refractivity contribution in [1.29, 1.82) is 0 Å². The number of thiophene rings is 1. The standard InChI is InChI=1S/C23H27N5OS/c1-3-26-10-9-18-19(15-26)30-22-20(18)21(24-16(2)25-22)27-11-13-28(14-12-27)23(29)17-7-5-4-6-8-17/h4-8H,3,9-15H2,1-2H3. The van der Waals surface area contributed by atoms with Crippen molar-refractivity contribution in [3.05, 3.63) is 52.2 Å². The van der Waals surface area contributed by atoms with E-state index in [1.807, 2.05) is 53.5 Å². The zero-order chi connectivity index (χ0) is 20.7. The number of aryl methyl sites for hydroxylation is 1. The van der Waals surface area contributed by atoms with Crippen LogP contribution in [0.15, 0.2) is 30.3 Å². The number of anilines is 1. The van der Waals surface area contributed by atoms with Crippen LogP contribution in [0, 0.1) is 6.92 Å². The number of fused-ring (bicyclic) bond motifs is 3. The van der Waals surface area contributed by atoms with E-state index in [-0.39, 0.29) is 5.91 Å². The first-order valence-corrected chi connectivity index (χ1v) is 11.6. The molecule has 3 aromatic rings. The summed E-state index contributed by atoms with van der Waals surface area (Å²) in [5, 5.41) is 1.25. The third-order valence-corrected chi connectivity index (χ3v) is 7.32. The molecule has 1 fully saturated rings. The minimum absolute atomic E-state index is 0.117. The molecule has 0 atom stereocenters. The molecule has 5 rings (SSSR count).